The zero-order chi connectivity index (χ0) is 8.27. The average Bonchev–Trinajstić information content (AvgIpc) is 2.05. The van der Waals surface area contributed by atoms with Gasteiger partial charge in [0.05, 0.1) is 12.9 Å². The summed E-state index contributed by atoms with van der Waals surface area (Å²) in [5, 5.41) is 8.91. The maximum atomic E-state index is 8.91. The summed E-state index contributed by atoms with van der Waals surface area (Å²) in [5.74, 6) is 1.50. The third-order valence-corrected chi connectivity index (χ3v) is 2.38. The maximum absolute atomic E-state index is 8.91. The minimum absolute atomic E-state index is 0.292. The number of hydrogen-bond acceptors (Lipinski definition) is 2. The lowest BCUT2D eigenvalue weighted by molar-refractivity contribution is 0.176. The van der Waals surface area contributed by atoms with Gasteiger partial charge in [0.2, 0.25) is 0 Å². The Balaban J connectivity index is 2.58. The van der Waals surface area contributed by atoms with Crippen molar-refractivity contribution in [1.29, 1.82) is 0 Å². The smallest absolute Gasteiger partial charge is 0.0948 e. The second-order valence-electron chi connectivity index (χ2n) is 3.20. The minimum atomic E-state index is 0.292. The van der Waals surface area contributed by atoms with Gasteiger partial charge < -0.3 is 9.84 Å². The number of aliphatic hydroxyl groups excluding tert-OH is 1. The summed E-state index contributed by atoms with van der Waals surface area (Å²) >= 11 is 0. The molecule has 1 N–H and O–H groups in total. The Morgan fingerprint density at radius 3 is 2.91 bits per heavy atom. The predicted octanol–water partition coefficient (Wildman–Crippen LogP) is 1.70. The van der Waals surface area contributed by atoms with E-state index in [0.29, 0.717) is 12.5 Å². The van der Waals surface area contributed by atoms with Crippen LogP contribution in [0.5, 0.6) is 0 Å². The van der Waals surface area contributed by atoms with Gasteiger partial charge in [-0.15, -0.1) is 0 Å². The van der Waals surface area contributed by atoms with Crippen molar-refractivity contribution < 1.29 is 9.84 Å². The van der Waals surface area contributed by atoms with Crippen LogP contribution >= 0.6 is 0 Å². The fourth-order valence-electron chi connectivity index (χ4n) is 1.51. The van der Waals surface area contributed by atoms with E-state index in [9.17, 15) is 0 Å². The predicted molar refractivity (Wildman–Crippen MR) is 44.1 cm³/mol. The number of ether oxygens (including phenoxy) is 1. The van der Waals surface area contributed by atoms with Crippen LogP contribution in [0.15, 0.2) is 11.3 Å². The highest BCUT2D eigenvalue weighted by molar-refractivity contribution is 5.10. The molecule has 1 unspecified atom stereocenters. The van der Waals surface area contributed by atoms with E-state index >= 15 is 0 Å². The lowest BCUT2D eigenvalue weighted by Gasteiger charge is -2.23. The van der Waals surface area contributed by atoms with E-state index in [-0.39, 0.29) is 0 Å². The number of aliphatic hydroxyl groups is 1. The van der Waals surface area contributed by atoms with Gasteiger partial charge in [-0.2, -0.15) is 0 Å². The van der Waals surface area contributed by atoms with Gasteiger partial charge in [-0.1, -0.05) is 0 Å². The van der Waals surface area contributed by atoms with Crippen LogP contribution in [0, 0.1) is 5.92 Å². The van der Waals surface area contributed by atoms with Crippen molar-refractivity contribution >= 4 is 0 Å². The van der Waals surface area contributed by atoms with Gasteiger partial charge >= 0.3 is 0 Å². The molecule has 1 aliphatic carbocycles. The fraction of sp³-hybridized carbons (Fsp3) is 0.778. The summed E-state index contributed by atoms with van der Waals surface area (Å²) in [5.41, 5.74) is 1.34. The Labute approximate surface area is 67.9 Å². The molecular formula is C9H16O2. The zero-order valence-corrected chi connectivity index (χ0v) is 7.26. The molecule has 0 bridgehead atoms. The van der Waals surface area contributed by atoms with E-state index < -0.39 is 0 Å². The van der Waals surface area contributed by atoms with Gasteiger partial charge in [0.25, 0.3) is 0 Å². The number of hydrogen-bond donors (Lipinski definition) is 1. The molecule has 0 aromatic heterocycles. The molecule has 0 spiro atoms. The maximum Gasteiger partial charge on any atom is 0.0948 e. The molecule has 2 heteroatoms. The molecule has 2 nitrogen and oxygen atoms in total. The molecule has 0 radical (unpaired) electrons. The van der Waals surface area contributed by atoms with Gasteiger partial charge in [0.1, 0.15) is 0 Å². The van der Waals surface area contributed by atoms with Crippen molar-refractivity contribution in [2.24, 2.45) is 5.92 Å². The van der Waals surface area contributed by atoms with Crippen molar-refractivity contribution in [3.8, 4) is 0 Å². The molecule has 1 aliphatic rings. The molecular weight excluding hydrogens is 140 g/mol. The summed E-state index contributed by atoms with van der Waals surface area (Å²) in [4.78, 5) is 0. The minimum Gasteiger partial charge on any atom is -0.501 e. The SMILES string of the molecule is COC1=C(C)CCC(CO)C1. The molecule has 0 aliphatic heterocycles. The van der Waals surface area contributed by atoms with Crippen molar-refractivity contribution in [3.05, 3.63) is 11.3 Å². The van der Waals surface area contributed by atoms with E-state index in [2.05, 4.69) is 6.92 Å². The van der Waals surface area contributed by atoms with Gasteiger partial charge in [0.15, 0.2) is 0 Å². The topological polar surface area (TPSA) is 29.5 Å². The lowest BCUT2D eigenvalue weighted by atomic mass is 9.89. The molecule has 1 rings (SSSR count). The van der Waals surface area contributed by atoms with Crippen molar-refractivity contribution in [3.63, 3.8) is 0 Å². The molecule has 64 valence electrons. The van der Waals surface area contributed by atoms with Gasteiger partial charge in [-0.05, 0) is 31.3 Å². The highest BCUT2D eigenvalue weighted by Gasteiger charge is 2.18. The van der Waals surface area contributed by atoms with Crippen molar-refractivity contribution in [2.45, 2.75) is 26.2 Å². The Hall–Kier alpha value is -0.500. The second-order valence-corrected chi connectivity index (χ2v) is 3.20. The third kappa shape index (κ3) is 1.96. The summed E-state index contributed by atoms with van der Waals surface area (Å²) in [6.45, 7) is 2.40. The van der Waals surface area contributed by atoms with Crippen LogP contribution in [0.4, 0.5) is 0 Å². The Kier molecular flexibility index (Phi) is 2.94. The molecule has 0 saturated heterocycles. The Bertz CT molecular complexity index is 161. The summed E-state index contributed by atoms with van der Waals surface area (Å²) in [6, 6.07) is 0. The normalized spacial score (nSPS) is 25.5. The molecule has 0 aromatic carbocycles. The molecule has 0 amide bonds. The lowest BCUT2D eigenvalue weighted by Crippen LogP contribution is -2.13. The van der Waals surface area contributed by atoms with Crippen LogP contribution in [-0.2, 0) is 4.74 Å². The van der Waals surface area contributed by atoms with Crippen LogP contribution in [0.3, 0.4) is 0 Å². The standard InChI is InChI=1S/C9H16O2/c1-7-3-4-8(6-10)5-9(7)11-2/h8,10H,3-6H2,1-2H3. The molecule has 11 heavy (non-hydrogen) atoms. The monoisotopic (exact) mass is 156 g/mol. The van der Waals surface area contributed by atoms with E-state index in [4.69, 9.17) is 9.84 Å². The number of methoxy groups -OCH3 is 1. The molecule has 0 saturated carbocycles. The quantitative estimate of drug-likeness (QED) is 0.659. The van der Waals surface area contributed by atoms with Crippen molar-refractivity contribution in [2.75, 3.05) is 13.7 Å². The first-order chi connectivity index (χ1) is 5.27. The Morgan fingerprint density at radius 2 is 2.36 bits per heavy atom. The van der Waals surface area contributed by atoms with E-state index in [1.807, 2.05) is 0 Å². The number of rotatable bonds is 2. The van der Waals surface area contributed by atoms with Crippen LogP contribution in [-0.4, -0.2) is 18.8 Å². The molecule has 0 heterocycles. The second kappa shape index (κ2) is 3.77. The van der Waals surface area contributed by atoms with Crippen LogP contribution in [0.2, 0.25) is 0 Å². The summed E-state index contributed by atoms with van der Waals surface area (Å²) < 4.78 is 5.20. The fourth-order valence-corrected chi connectivity index (χ4v) is 1.51. The largest absolute Gasteiger partial charge is 0.501 e. The van der Waals surface area contributed by atoms with Gasteiger partial charge in [-0.3, -0.25) is 0 Å². The van der Waals surface area contributed by atoms with Gasteiger partial charge in [0, 0.05) is 13.0 Å². The first-order valence-electron chi connectivity index (χ1n) is 4.11. The highest BCUT2D eigenvalue weighted by atomic mass is 16.5. The van der Waals surface area contributed by atoms with Crippen LogP contribution < -0.4 is 0 Å². The first-order valence-corrected chi connectivity index (χ1v) is 4.11. The van der Waals surface area contributed by atoms with Crippen LogP contribution in [0.25, 0.3) is 0 Å². The van der Waals surface area contributed by atoms with E-state index in [1.54, 1.807) is 7.11 Å². The highest BCUT2D eigenvalue weighted by Crippen LogP contribution is 2.28. The number of allylic oxidation sites excluding steroid dienone is 2. The summed E-state index contributed by atoms with van der Waals surface area (Å²) in [7, 11) is 1.71. The van der Waals surface area contributed by atoms with Crippen LogP contribution in [0.1, 0.15) is 26.2 Å². The Morgan fingerprint density at radius 1 is 1.64 bits per heavy atom. The molecule has 0 aromatic rings. The van der Waals surface area contributed by atoms with E-state index in [1.165, 1.54) is 5.57 Å². The summed E-state index contributed by atoms with van der Waals surface area (Å²) in [6.07, 6.45) is 3.10. The zero-order valence-electron chi connectivity index (χ0n) is 7.26. The molecule has 0 fully saturated rings. The van der Waals surface area contributed by atoms with Gasteiger partial charge in [-0.25, -0.2) is 0 Å². The van der Waals surface area contributed by atoms with E-state index in [0.717, 1.165) is 25.0 Å². The average molecular weight is 156 g/mol. The first kappa shape index (κ1) is 8.60. The van der Waals surface area contributed by atoms with Crippen molar-refractivity contribution in [1.82, 2.24) is 0 Å². The third-order valence-electron chi connectivity index (χ3n) is 2.38. The molecule has 1 atom stereocenters.